The SMILES string of the molecule is CC1=C(c2ccccc2)C=CC1c1cccc2cccnc12. The predicted molar refractivity (Wildman–Crippen MR) is 92.7 cm³/mol. The Morgan fingerprint density at radius 3 is 2.55 bits per heavy atom. The standard InChI is InChI=1S/C21H17N/c1-15-18(16-7-3-2-4-8-16)12-13-19(15)20-11-5-9-17-10-6-14-22-21(17)20/h2-14,19H,1H3. The van der Waals surface area contributed by atoms with Crippen LogP contribution in [0, 0.1) is 0 Å². The van der Waals surface area contributed by atoms with E-state index in [4.69, 9.17) is 0 Å². The molecule has 0 fully saturated rings. The maximum atomic E-state index is 4.60. The van der Waals surface area contributed by atoms with Crippen LogP contribution < -0.4 is 0 Å². The molecule has 106 valence electrons. The number of rotatable bonds is 2. The van der Waals surface area contributed by atoms with Gasteiger partial charge in [-0.15, -0.1) is 0 Å². The first-order valence-corrected chi connectivity index (χ1v) is 7.62. The molecule has 0 N–H and O–H groups in total. The summed E-state index contributed by atoms with van der Waals surface area (Å²) in [6.45, 7) is 2.23. The molecule has 0 bridgehead atoms. The third-order valence-corrected chi connectivity index (χ3v) is 4.43. The van der Waals surface area contributed by atoms with Gasteiger partial charge in [0.15, 0.2) is 0 Å². The molecule has 0 amide bonds. The van der Waals surface area contributed by atoms with Crippen LogP contribution in [0.4, 0.5) is 0 Å². The van der Waals surface area contributed by atoms with Crippen molar-refractivity contribution in [2.75, 3.05) is 0 Å². The van der Waals surface area contributed by atoms with Crippen LogP contribution >= 0.6 is 0 Å². The summed E-state index contributed by atoms with van der Waals surface area (Å²) >= 11 is 0. The highest BCUT2D eigenvalue weighted by atomic mass is 14.7. The zero-order valence-electron chi connectivity index (χ0n) is 12.5. The van der Waals surface area contributed by atoms with E-state index in [0.29, 0.717) is 5.92 Å². The van der Waals surface area contributed by atoms with E-state index in [1.165, 1.54) is 27.7 Å². The largest absolute Gasteiger partial charge is 0.256 e. The Morgan fingerprint density at radius 1 is 0.864 bits per heavy atom. The number of nitrogens with zero attached hydrogens (tertiary/aromatic N) is 1. The van der Waals surface area contributed by atoms with Gasteiger partial charge < -0.3 is 0 Å². The molecule has 1 nitrogen and oxygen atoms in total. The van der Waals surface area contributed by atoms with Crippen LogP contribution in [0.5, 0.6) is 0 Å². The van der Waals surface area contributed by atoms with E-state index in [9.17, 15) is 0 Å². The van der Waals surface area contributed by atoms with Gasteiger partial charge in [-0.1, -0.05) is 72.3 Å². The molecular formula is C21H17N. The number of allylic oxidation sites excluding steroid dienone is 4. The van der Waals surface area contributed by atoms with E-state index in [0.717, 1.165) is 5.52 Å². The number of hydrogen-bond acceptors (Lipinski definition) is 1. The first-order chi connectivity index (χ1) is 10.8. The summed E-state index contributed by atoms with van der Waals surface area (Å²) in [6, 6.07) is 21.2. The van der Waals surface area contributed by atoms with Crippen molar-refractivity contribution < 1.29 is 0 Å². The summed E-state index contributed by atoms with van der Waals surface area (Å²) in [4.78, 5) is 4.60. The monoisotopic (exact) mass is 283 g/mol. The zero-order chi connectivity index (χ0) is 14.9. The Balaban J connectivity index is 1.84. The Kier molecular flexibility index (Phi) is 3.12. The Morgan fingerprint density at radius 2 is 1.68 bits per heavy atom. The van der Waals surface area contributed by atoms with Crippen LogP contribution in [0.15, 0.2) is 84.6 Å². The maximum absolute atomic E-state index is 4.60. The second kappa shape index (κ2) is 5.27. The number of para-hydroxylation sites is 1. The zero-order valence-corrected chi connectivity index (χ0v) is 12.5. The molecule has 1 heterocycles. The average molecular weight is 283 g/mol. The minimum absolute atomic E-state index is 0.314. The van der Waals surface area contributed by atoms with E-state index in [1.807, 2.05) is 12.3 Å². The molecule has 1 aliphatic carbocycles. The van der Waals surface area contributed by atoms with Gasteiger partial charge in [0.25, 0.3) is 0 Å². The smallest absolute Gasteiger partial charge is 0.0743 e. The number of hydrogen-bond donors (Lipinski definition) is 0. The second-order valence-corrected chi connectivity index (χ2v) is 5.72. The summed E-state index contributed by atoms with van der Waals surface area (Å²) in [5.74, 6) is 0.314. The van der Waals surface area contributed by atoms with Crippen molar-refractivity contribution in [3.05, 3.63) is 95.7 Å². The Labute approximate surface area is 130 Å². The lowest BCUT2D eigenvalue weighted by Gasteiger charge is -2.14. The van der Waals surface area contributed by atoms with Gasteiger partial charge in [-0.3, -0.25) is 4.98 Å². The topological polar surface area (TPSA) is 12.9 Å². The molecule has 0 radical (unpaired) electrons. The second-order valence-electron chi connectivity index (χ2n) is 5.72. The summed E-state index contributed by atoms with van der Waals surface area (Å²) in [7, 11) is 0. The molecule has 1 heteroatoms. The Hall–Kier alpha value is -2.67. The summed E-state index contributed by atoms with van der Waals surface area (Å²) < 4.78 is 0. The van der Waals surface area contributed by atoms with Crippen molar-refractivity contribution in [3.8, 4) is 0 Å². The first kappa shape index (κ1) is 13.0. The van der Waals surface area contributed by atoms with Gasteiger partial charge in [0.05, 0.1) is 5.52 Å². The number of fused-ring (bicyclic) bond motifs is 1. The summed E-state index contributed by atoms with van der Waals surface area (Å²) in [5.41, 5.74) is 6.40. The van der Waals surface area contributed by atoms with Crippen molar-refractivity contribution in [1.29, 1.82) is 0 Å². The number of pyridine rings is 1. The fourth-order valence-electron chi connectivity index (χ4n) is 3.29. The fourth-order valence-corrected chi connectivity index (χ4v) is 3.29. The van der Waals surface area contributed by atoms with Gasteiger partial charge in [-0.25, -0.2) is 0 Å². The van der Waals surface area contributed by atoms with Crippen LogP contribution in [-0.2, 0) is 0 Å². The van der Waals surface area contributed by atoms with Gasteiger partial charge in [0.1, 0.15) is 0 Å². The van der Waals surface area contributed by atoms with Crippen LogP contribution in [0.3, 0.4) is 0 Å². The summed E-state index contributed by atoms with van der Waals surface area (Å²) in [6.07, 6.45) is 6.42. The highest BCUT2D eigenvalue weighted by molar-refractivity contribution is 5.86. The molecular weight excluding hydrogens is 266 g/mol. The molecule has 3 aromatic rings. The normalized spacial score (nSPS) is 17.4. The molecule has 1 atom stereocenters. The van der Waals surface area contributed by atoms with Crippen molar-refractivity contribution in [3.63, 3.8) is 0 Å². The molecule has 4 rings (SSSR count). The van der Waals surface area contributed by atoms with E-state index in [1.54, 1.807) is 0 Å². The third-order valence-electron chi connectivity index (χ3n) is 4.43. The lowest BCUT2D eigenvalue weighted by atomic mass is 9.90. The maximum Gasteiger partial charge on any atom is 0.0743 e. The minimum Gasteiger partial charge on any atom is -0.256 e. The predicted octanol–water partition coefficient (Wildman–Crippen LogP) is 5.36. The van der Waals surface area contributed by atoms with Gasteiger partial charge in [0.2, 0.25) is 0 Å². The van der Waals surface area contributed by atoms with E-state index in [2.05, 4.69) is 78.7 Å². The molecule has 1 aliphatic rings. The quantitative estimate of drug-likeness (QED) is 0.616. The van der Waals surface area contributed by atoms with E-state index in [-0.39, 0.29) is 0 Å². The Bertz CT molecular complexity index is 883. The molecule has 0 spiro atoms. The first-order valence-electron chi connectivity index (χ1n) is 7.62. The third kappa shape index (κ3) is 2.06. The van der Waals surface area contributed by atoms with Crippen molar-refractivity contribution in [2.24, 2.45) is 0 Å². The van der Waals surface area contributed by atoms with Crippen LogP contribution in [0.25, 0.3) is 16.5 Å². The van der Waals surface area contributed by atoms with Gasteiger partial charge in [0, 0.05) is 17.5 Å². The number of benzene rings is 2. The molecule has 2 aromatic carbocycles. The lowest BCUT2D eigenvalue weighted by Crippen LogP contribution is -1.97. The van der Waals surface area contributed by atoms with Crippen LogP contribution in [-0.4, -0.2) is 4.98 Å². The summed E-state index contributed by atoms with van der Waals surface area (Å²) in [5, 5.41) is 1.20. The molecule has 0 saturated heterocycles. The molecule has 22 heavy (non-hydrogen) atoms. The highest BCUT2D eigenvalue weighted by Crippen LogP contribution is 2.39. The molecule has 0 aliphatic heterocycles. The van der Waals surface area contributed by atoms with Crippen molar-refractivity contribution in [1.82, 2.24) is 4.98 Å². The molecule has 1 unspecified atom stereocenters. The van der Waals surface area contributed by atoms with Gasteiger partial charge in [-0.2, -0.15) is 0 Å². The van der Waals surface area contributed by atoms with Crippen LogP contribution in [0.1, 0.15) is 24.0 Å². The van der Waals surface area contributed by atoms with Gasteiger partial charge >= 0.3 is 0 Å². The van der Waals surface area contributed by atoms with Gasteiger partial charge in [-0.05, 0) is 29.7 Å². The average Bonchev–Trinajstić information content (AvgIpc) is 2.96. The lowest BCUT2D eigenvalue weighted by molar-refractivity contribution is 1.02. The highest BCUT2D eigenvalue weighted by Gasteiger charge is 2.21. The molecule has 0 saturated carbocycles. The van der Waals surface area contributed by atoms with E-state index >= 15 is 0 Å². The number of aromatic nitrogens is 1. The van der Waals surface area contributed by atoms with Crippen LogP contribution in [0.2, 0.25) is 0 Å². The fraction of sp³-hybridized carbons (Fsp3) is 0.0952. The van der Waals surface area contributed by atoms with Crippen molar-refractivity contribution in [2.45, 2.75) is 12.8 Å². The van der Waals surface area contributed by atoms with E-state index < -0.39 is 0 Å². The molecule has 1 aromatic heterocycles. The van der Waals surface area contributed by atoms with Crippen molar-refractivity contribution >= 4 is 16.5 Å². The minimum atomic E-state index is 0.314.